The van der Waals surface area contributed by atoms with Crippen LogP contribution in [0.5, 0.6) is 0 Å². The number of carbonyl (C=O) groups excluding carboxylic acids is 4. The lowest BCUT2D eigenvalue weighted by Crippen LogP contribution is -2.51. The lowest BCUT2D eigenvalue weighted by Gasteiger charge is -2.29. The zero-order valence-corrected chi connectivity index (χ0v) is 15.3. The zero-order valence-electron chi connectivity index (χ0n) is 15.3. The average molecular weight is 369 g/mol. The van der Waals surface area contributed by atoms with E-state index >= 15 is 0 Å². The van der Waals surface area contributed by atoms with Crippen molar-refractivity contribution in [3.63, 3.8) is 0 Å². The summed E-state index contributed by atoms with van der Waals surface area (Å²) in [4.78, 5) is 50.5. The molecule has 142 valence electrons. The fraction of sp³-hybridized carbons (Fsp3) is 0.400. The molecule has 0 spiro atoms. The molecule has 1 fully saturated rings. The Balaban J connectivity index is 1.74. The highest BCUT2D eigenvalue weighted by atomic mass is 16.2. The maximum absolute atomic E-state index is 12.8. The summed E-state index contributed by atoms with van der Waals surface area (Å²) in [6.07, 6.45) is 2.58. The van der Waals surface area contributed by atoms with Crippen LogP contribution in [0.3, 0.4) is 0 Å². The number of hydrogen-bond acceptors (Lipinski definition) is 4. The van der Waals surface area contributed by atoms with Crippen LogP contribution < -0.4 is 10.6 Å². The van der Waals surface area contributed by atoms with Crippen LogP contribution in [0.4, 0.5) is 0 Å². The molecule has 4 amide bonds. The molecule has 1 atom stereocenters. The van der Waals surface area contributed by atoms with Gasteiger partial charge in [-0.15, -0.1) is 0 Å². The summed E-state index contributed by atoms with van der Waals surface area (Å²) < 4.78 is 0. The number of aryl methyl sites for hydroxylation is 1. The van der Waals surface area contributed by atoms with Gasteiger partial charge >= 0.3 is 0 Å². The number of benzene rings is 1. The molecular formula is C20H23N3O4. The van der Waals surface area contributed by atoms with Crippen molar-refractivity contribution in [2.24, 2.45) is 0 Å². The molecule has 1 aromatic rings. The van der Waals surface area contributed by atoms with E-state index in [0.717, 1.165) is 16.9 Å². The minimum atomic E-state index is -0.814. The molecule has 0 aliphatic carbocycles. The van der Waals surface area contributed by atoms with Gasteiger partial charge in [0.1, 0.15) is 6.04 Å². The summed E-state index contributed by atoms with van der Waals surface area (Å²) in [7, 11) is 0. The van der Waals surface area contributed by atoms with Gasteiger partial charge in [0, 0.05) is 18.7 Å². The number of hydrogen-bond donors (Lipinski definition) is 2. The molecule has 0 bridgehead atoms. The first-order chi connectivity index (χ1) is 12.9. The summed E-state index contributed by atoms with van der Waals surface area (Å²) in [5, 5.41) is 5.42. The number of imide groups is 1. The smallest absolute Gasteiger partial charge is 0.262 e. The molecule has 0 aromatic heterocycles. The number of nitrogens with one attached hydrogen (secondary N) is 2. The number of allylic oxidation sites excluding steroid dienone is 1. The molecule has 7 heteroatoms. The van der Waals surface area contributed by atoms with Gasteiger partial charge in [-0.3, -0.25) is 24.1 Å². The van der Waals surface area contributed by atoms with Gasteiger partial charge < -0.3 is 10.6 Å². The number of carbonyl (C=O) groups is 4. The van der Waals surface area contributed by atoms with E-state index in [1.54, 1.807) is 18.2 Å². The topological polar surface area (TPSA) is 95.6 Å². The van der Waals surface area contributed by atoms with Crippen LogP contribution in [0.25, 0.3) is 0 Å². The van der Waals surface area contributed by atoms with Gasteiger partial charge in [-0.1, -0.05) is 19.6 Å². The van der Waals surface area contributed by atoms with Crippen LogP contribution in [0, 0.1) is 0 Å². The Morgan fingerprint density at radius 1 is 1.26 bits per heavy atom. The zero-order chi connectivity index (χ0) is 19.6. The Labute approximate surface area is 157 Å². The number of rotatable bonds is 6. The van der Waals surface area contributed by atoms with Crippen LogP contribution in [0.1, 0.15) is 58.9 Å². The van der Waals surface area contributed by atoms with Crippen LogP contribution in [-0.2, 0) is 16.0 Å². The first-order valence-electron chi connectivity index (χ1n) is 9.18. The average Bonchev–Trinajstić information content (AvgIpc) is 2.89. The summed E-state index contributed by atoms with van der Waals surface area (Å²) in [5.41, 5.74) is 2.00. The summed E-state index contributed by atoms with van der Waals surface area (Å²) in [5.74, 6) is -1.33. The highest BCUT2D eigenvalue weighted by molar-refractivity contribution is 6.23. The molecule has 0 saturated carbocycles. The van der Waals surface area contributed by atoms with Gasteiger partial charge in [-0.25, -0.2) is 0 Å². The monoisotopic (exact) mass is 369 g/mol. The molecule has 27 heavy (non-hydrogen) atoms. The molecule has 0 radical (unpaired) electrons. The molecule has 7 nitrogen and oxygen atoms in total. The summed E-state index contributed by atoms with van der Waals surface area (Å²) in [6.45, 7) is 6.34. The van der Waals surface area contributed by atoms with Crippen LogP contribution in [0.15, 0.2) is 30.5 Å². The lowest BCUT2D eigenvalue weighted by atomic mass is 10.0. The number of nitrogens with zero attached hydrogens (tertiary/aromatic N) is 1. The van der Waals surface area contributed by atoms with E-state index in [1.807, 2.05) is 6.92 Å². The lowest BCUT2D eigenvalue weighted by molar-refractivity contribution is -0.125. The van der Waals surface area contributed by atoms with Crippen molar-refractivity contribution >= 4 is 23.6 Å². The third-order valence-electron chi connectivity index (χ3n) is 4.83. The van der Waals surface area contributed by atoms with Crippen LogP contribution >= 0.6 is 0 Å². The molecular weight excluding hydrogens is 346 g/mol. The van der Waals surface area contributed by atoms with Gasteiger partial charge in [0.2, 0.25) is 11.8 Å². The number of amides is 4. The highest BCUT2D eigenvalue weighted by Crippen LogP contribution is 2.29. The molecule has 1 saturated heterocycles. The van der Waals surface area contributed by atoms with Crippen molar-refractivity contribution in [1.82, 2.24) is 15.5 Å². The minimum Gasteiger partial charge on any atom is -0.356 e. The predicted molar refractivity (Wildman–Crippen MR) is 98.9 cm³/mol. The van der Waals surface area contributed by atoms with Crippen LogP contribution in [-0.4, -0.2) is 41.1 Å². The number of piperidine rings is 1. The predicted octanol–water partition coefficient (Wildman–Crippen LogP) is 1.53. The Kier molecular flexibility index (Phi) is 5.39. The van der Waals surface area contributed by atoms with E-state index in [1.165, 1.54) is 0 Å². The maximum Gasteiger partial charge on any atom is 0.262 e. The van der Waals surface area contributed by atoms with E-state index in [2.05, 4.69) is 17.2 Å². The fourth-order valence-corrected chi connectivity index (χ4v) is 3.36. The van der Waals surface area contributed by atoms with Crippen molar-refractivity contribution < 1.29 is 19.2 Å². The Morgan fingerprint density at radius 3 is 2.70 bits per heavy atom. The van der Waals surface area contributed by atoms with Crippen molar-refractivity contribution in [3.8, 4) is 0 Å². The SMILES string of the molecule is C=C1CCC(N2C(=O)c3ccc(CCC(=O)NCCC)cc3C2=O)C(=O)N1. The maximum atomic E-state index is 12.8. The standard InChI is InChI=1S/C20H23N3O4/c1-3-10-21-17(24)9-6-13-5-7-14-15(11-13)20(27)23(19(14)26)16-8-4-12(2)22-18(16)25/h5,7,11,16H,2-4,6,8-10H2,1H3,(H,21,24)(H,22,25). The molecule has 3 rings (SSSR count). The van der Waals surface area contributed by atoms with Gasteiger partial charge in [0.05, 0.1) is 11.1 Å². The van der Waals surface area contributed by atoms with Gasteiger partial charge in [0.25, 0.3) is 11.8 Å². The van der Waals surface area contributed by atoms with Crippen molar-refractivity contribution in [2.75, 3.05) is 6.54 Å². The minimum absolute atomic E-state index is 0.0412. The summed E-state index contributed by atoms with van der Waals surface area (Å²) >= 11 is 0. The Hall–Kier alpha value is -2.96. The van der Waals surface area contributed by atoms with E-state index in [9.17, 15) is 19.2 Å². The fourth-order valence-electron chi connectivity index (χ4n) is 3.36. The first-order valence-corrected chi connectivity index (χ1v) is 9.18. The second-order valence-electron chi connectivity index (χ2n) is 6.86. The molecule has 2 heterocycles. The third kappa shape index (κ3) is 3.77. The first kappa shape index (κ1) is 18.8. The normalized spacial score (nSPS) is 19.1. The summed E-state index contributed by atoms with van der Waals surface area (Å²) in [6, 6.07) is 4.20. The van der Waals surface area contributed by atoms with Crippen LogP contribution in [0.2, 0.25) is 0 Å². The van der Waals surface area contributed by atoms with Gasteiger partial charge in [0.15, 0.2) is 0 Å². The molecule has 2 aliphatic rings. The number of fused-ring (bicyclic) bond motifs is 1. The largest absolute Gasteiger partial charge is 0.356 e. The van der Waals surface area contributed by atoms with Gasteiger partial charge in [-0.05, 0) is 43.4 Å². The quantitative estimate of drug-likeness (QED) is 0.744. The third-order valence-corrected chi connectivity index (χ3v) is 4.83. The highest BCUT2D eigenvalue weighted by Gasteiger charge is 2.43. The van der Waals surface area contributed by atoms with E-state index in [4.69, 9.17) is 0 Å². The molecule has 2 N–H and O–H groups in total. The molecule has 1 unspecified atom stereocenters. The molecule has 2 aliphatic heterocycles. The molecule has 1 aromatic carbocycles. The van der Waals surface area contributed by atoms with Gasteiger partial charge in [-0.2, -0.15) is 0 Å². The second kappa shape index (κ2) is 7.73. The van der Waals surface area contributed by atoms with E-state index in [0.29, 0.717) is 49.1 Å². The van der Waals surface area contributed by atoms with Crippen molar-refractivity contribution in [2.45, 2.75) is 45.1 Å². The van der Waals surface area contributed by atoms with Crippen molar-refractivity contribution in [3.05, 3.63) is 47.2 Å². The van der Waals surface area contributed by atoms with Crippen molar-refractivity contribution in [1.29, 1.82) is 0 Å². The Bertz CT molecular complexity index is 831. The second-order valence-corrected chi connectivity index (χ2v) is 6.86. The van der Waals surface area contributed by atoms with E-state index in [-0.39, 0.29) is 11.8 Å². The van der Waals surface area contributed by atoms with E-state index < -0.39 is 17.9 Å². The Morgan fingerprint density at radius 2 is 2.00 bits per heavy atom.